The fraction of sp³-hybridized carbons (Fsp3) is 0.400. The van der Waals surface area contributed by atoms with E-state index in [0.29, 0.717) is 9.38 Å². The molecule has 1 aromatic carbocycles. The average Bonchev–Trinajstić information content (AvgIpc) is 2.79. The highest BCUT2D eigenvalue weighted by atomic mass is 32.2. The van der Waals surface area contributed by atoms with Crippen LogP contribution in [-0.4, -0.2) is 56.1 Å². The molecular formula is C15H20N4O2S3. The molecule has 0 saturated carbocycles. The van der Waals surface area contributed by atoms with Crippen molar-refractivity contribution in [3.8, 4) is 0 Å². The Kier molecular flexibility index (Phi) is 6.13. The number of rotatable bonds is 4. The molecule has 6 nitrogen and oxygen atoms in total. The lowest BCUT2D eigenvalue weighted by Crippen LogP contribution is -2.55. The van der Waals surface area contributed by atoms with Crippen LogP contribution < -0.4 is 5.32 Å². The number of benzene rings is 1. The topological polar surface area (TPSA) is 68.2 Å². The molecular weight excluding hydrogens is 364 g/mol. The number of thiocarbonyl (C=S) groups is 1. The van der Waals surface area contributed by atoms with Crippen molar-refractivity contribution in [2.24, 2.45) is 5.10 Å². The van der Waals surface area contributed by atoms with Gasteiger partial charge in [0.1, 0.15) is 0 Å². The summed E-state index contributed by atoms with van der Waals surface area (Å²) < 4.78 is 0.00298. The number of nitrogens with one attached hydrogen (secondary N) is 1. The lowest BCUT2D eigenvalue weighted by Gasteiger charge is -2.33. The zero-order valence-corrected chi connectivity index (χ0v) is 16.3. The Morgan fingerprint density at radius 3 is 2.67 bits per heavy atom. The monoisotopic (exact) mass is 384 g/mol. The first-order valence-corrected chi connectivity index (χ1v) is 9.65. The first-order chi connectivity index (χ1) is 11.3. The second-order valence-corrected chi connectivity index (χ2v) is 8.77. The molecule has 1 aliphatic rings. The van der Waals surface area contributed by atoms with Crippen LogP contribution in [0.3, 0.4) is 0 Å². The quantitative estimate of drug-likeness (QED) is 0.273. The number of amides is 2. The Morgan fingerprint density at radius 1 is 1.50 bits per heavy atom. The summed E-state index contributed by atoms with van der Waals surface area (Å²) in [6.07, 6.45) is 2.99. The minimum absolute atomic E-state index is 0.502. The van der Waals surface area contributed by atoms with Gasteiger partial charge >= 0.3 is 6.03 Å². The number of hydrazone groups is 1. The maximum absolute atomic E-state index is 11.8. The van der Waals surface area contributed by atoms with E-state index in [1.807, 2.05) is 44.4 Å². The minimum Gasteiger partial charge on any atom is -0.339 e. The van der Waals surface area contributed by atoms with Crippen molar-refractivity contribution in [2.75, 3.05) is 13.3 Å². The van der Waals surface area contributed by atoms with Gasteiger partial charge in [-0.2, -0.15) is 10.2 Å². The van der Waals surface area contributed by atoms with Gasteiger partial charge in [0.2, 0.25) is 0 Å². The molecule has 0 spiro atoms. The average molecular weight is 385 g/mol. The summed E-state index contributed by atoms with van der Waals surface area (Å²) in [7, 11) is 1.46. The summed E-state index contributed by atoms with van der Waals surface area (Å²) >= 11 is 8.43. The summed E-state index contributed by atoms with van der Waals surface area (Å²) in [5, 5.41) is 19.2. The van der Waals surface area contributed by atoms with E-state index in [1.54, 1.807) is 18.0 Å². The van der Waals surface area contributed by atoms with Crippen LogP contribution in [0.1, 0.15) is 19.4 Å². The van der Waals surface area contributed by atoms with E-state index in [4.69, 9.17) is 12.2 Å². The van der Waals surface area contributed by atoms with Gasteiger partial charge < -0.3 is 5.32 Å². The Hall–Kier alpha value is -1.29. The molecule has 2 N–H and O–H groups in total. The highest BCUT2D eigenvalue weighted by Gasteiger charge is 2.49. The van der Waals surface area contributed by atoms with Crippen LogP contribution in [0.5, 0.6) is 0 Å². The van der Waals surface area contributed by atoms with Crippen molar-refractivity contribution in [3.05, 3.63) is 29.8 Å². The van der Waals surface area contributed by atoms with E-state index >= 15 is 0 Å². The molecule has 24 heavy (non-hydrogen) atoms. The van der Waals surface area contributed by atoms with Gasteiger partial charge in [-0.25, -0.2) is 9.80 Å². The summed E-state index contributed by atoms with van der Waals surface area (Å²) in [5.41, 5.74) is 0.911. The molecule has 0 radical (unpaired) electrons. The molecule has 1 heterocycles. The van der Waals surface area contributed by atoms with Crippen molar-refractivity contribution >= 4 is 52.3 Å². The number of thioether (sulfide) groups is 2. The van der Waals surface area contributed by atoms with Crippen LogP contribution in [0, 0.1) is 0 Å². The van der Waals surface area contributed by atoms with Gasteiger partial charge in [-0.3, -0.25) is 5.21 Å². The van der Waals surface area contributed by atoms with Crippen LogP contribution in [0.4, 0.5) is 4.79 Å². The molecule has 1 fully saturated rings. The Morgan fingerprint density at radius 2 is 2.12 bits per heavy atom. The number of hydroxylamine groups is 2. The van der Waals surface area contributed by atoms with Gasteiger partial charge in [0.25, 0.3) is 0 Å². The SMILES string of the molecule is CNC(=O)N(O)[C@@H]1N(/N=C\c2ccc(SC)cc2)C(=S)SC1(C)C. The third kappa shape index (κ3) is 4.02. The number of hydrogen-bond donors (Lipinski definition) is 2. The molecule has 0 aromatic heterocycles. The second kappa shape index (κ2) is 7.73. The molecule has 0 unspecified atom stereocenters. The molecule has 2 amide bonds. The van der Waals surface area contributed by atoms with Gasteiger partial charge in [0, 0.05) is 11.9 Å². The minimum atomic E-state index is -0.698. The highest BCUT2D eigenvalue weighted by Crippen LogP contribution is 2.42. The first-order valence-electron chi connectivity index (χ1n) is 7.20. The van der Waals surface area contributed by atoms with E-state index < -0.39 is 16.9 Å². The third-order valence-corrected chi connectivity index (χ3v) is 5.77. The summed E-state index contributed by atoms with van der Waals surface area (Å²) in [6, 6.07) is 7.32. The smallest absolute Gasteiger partial charge is 0.339 e. The maximum atomic E-state index is 11.8. The predicted octanol–water partition coefficient (Wildman–Crippen LogP) is 3.21. The summed E-state index contributed by atoms with van der Waals surface area (Å²) in [4.78, 5) is 13.0. The standard InChI is InChI=1S/C15H20N4O2S3/c1-15(2)12(19(21)13(20)16-3)18(14(22)24-15)17-9-10-5-7-11(23-4)8-6-10/h5-9,12,21H,1-4H3,(H,16,20)/b17-9-/t12-/m0/s1. The van der Waals surface area contributed by atoms with Gasteiger partial charge in [-0.15, -0.1) is 11.8 Å². The molecule has 0 aliphatic carbocycles. The number of carbonyl (C=O) groups excluding carboxylic acids is 1. The van der Waals surface area contributed by atoms with Crippen molar-refractivity contribution in [3.63, 3.8) is 0 Å². The molecule has 0 bridgehead atoms. The zero-order chi connectivity index (χ0) is 17.9. The van der Waals surface area contributed by atoms with Crippen LogP contribution in [-0.2, 0) is 0 Å². The van der Waals surface area contributed by atoms with Crippen LogP contribution in [0.15, 0.2) is 34.3 Å². The molecule has 1 atom stereocenters. The molecule has 1 saturated heterocycles. The second-order valence-electron chi connectivity index (χ2n) is 5.61. The number of carbonyl (C=O) groups is 1. The van der Waals surface area contributed by atoms with Gasteiger partial charge in [0.05, 0.1) is 11.0 Å². The fourth-order valence-electron chi connectivity index (χ4n) is 2.27. The Bertz CT molecular complexity index is 649. The molecule has 9 heteroatoms. The van der Waals surface area contributed by atoms with Crippen molar-refractivity contribution in [1.29, 1.82) is 0 Å². The van der Waals surface area contributed by atoms with Crippen molar-refractivity contribution in [1.82, 2.24) is 15.4 Å². The van der Waals surface area contributed by atoms with Gasteiger partial charge in [0.15, 0.2) is 10.5 Å². The van der Waals surface area contributed by atoms with E-state index in [2.05, 4.69) is 10.4 Å². The maximum Gasteiger partial charge on any atom is 0.343 e. The van der Waals surface area contributed by atoms with Crippen molar-refractivity contribution < 1.29 is 10.0 Å². The normalized spacial score (nSPS) is 19.8. The highest BCUT2D eigenvalue weighted by molar-refractivity contribution is 8.24. The van der Waals surface area contributed by atoms with Gasteiger partial charge in [-0.1, -0.05) is 36.1 Å². The predicted molar refractivity (Wildman–Crippen MR) is 104 cm³/mol. The van der Waals surface area contributed by atoms with E-state index in [9.17, 15) is 10.0 Å². The Labute approximate surface area is 155 Å². The zero-order valence-electron chi connectivity index (χ0n) is 13.9. The molecule has 1 aliphatic heterocycles. The summed E-state index contributed by atoms with van der Waals surface area (Å²) in [6.45, 7) is 3.81. The number of nitrogens with zero attached hydrogens (tertiary/aromatic N) is 3. The van der Waals surface area contributed by atoms with Crippen LogP contribution >= 0.6 is 35.7 Å². The van der Waals surface area contributed by atoms with Crippen LogP contribution in [0.25, 0.3) is 0 Å². The number of hydrogen-bond acceptors (Lipinski definition) is 6. The lowest BCUT2D eigenvalue weighted by atomic mass is 10.1. The first kappa shape index (κ1) is 19.0. The largest absolute Gasteiger partial charge is 0.343 e. The van der Waals surface area contributed by atoms with E-state index in [1.165, 1.54) is 28.7 Å². The molecule has 2 rings (SSSR count). The fourth-order valence-corrected chi connectivity index (χ4v) is 4.47. The van der Waals surface area contributed by atoms with Crippen molar-refractivity contribution in [2.45, 2.75) is 29.7 Å². The van der Waals surface area contributed by atoms with Crippen LogP contribution in [0.2, 0.25) is 0 Å². The van der Waals surface area contributed by atoms with Gasteiger partial charge in [-0.05, 0) is 37.8 Å². The number of urea groups is 1. The molecule has 130 valence electrons. The van der Waals surface area contributed by atoms with E-state index in [0.717, 1.165) is 5.56 Å². The lowest BCUT2D eigenvalue weighted by molar-refractivity contribution is -0.117. The molecule has 1 aromatic rings. The summed E-state index contributed by atoms with van der Waals surface area (Å²) in [5.74, 6) is 0. The van der Waals surface area contributed by atoms with E-state index in [-0.39, 0.29) is 0 Å². The Balaban J connectivity index is 2.25. The third-order valence-electron chi connectivity index (χ3n) is 3.49.